The fraction of sp³-hybridized carbons (Fsp3) is 0.0476. The highest BCUT2D eigenvalue weighted by Crippen LogP contribution is 2.29. The van der Waals surface area contributed by atoms with Crippen molar-refractivity contribution in [2.45, 2.75) is 6.92 Å². The van der Waals surface area contributed by atoms with Crippen molar-refractivity contribution in [3.8, 4) is 22.5 Å². The van der Waals surface area contributed by atoms with Gasteiger partial charge in [0.05, 0.1) is 0 Å². The Labute approximate surface area is 176 Å². The lowest BCUT2D eigenvalue weighted by molar-refractivity contribution is 0.101. The topological polar surface area (TPSA) is 83.6 Å². The summed E-state index contributed by atoms with van der Waals surface area (Å²) in [6.45, 7) is 1.98. The minimum absolute atomic E-state index is 0. The number of aryl methyl sites for hydroxylation is 1. The SMILES string of the molecule is Cc1ccc(-c2nn[nH]n2)cc1-c1ccc(NC(=O)c2c(F)cccc2F)cc1.Cl. The molecule has 0 aliphatic rings. The molecule has 2 N–H and O–H groups in total. The summed E-state index contributed by atoms with van der Waals surface area (Å²) in [4.78, 5) is 12.2. The number of hydrogen-bond acceptors (Lipinski definition) is 4. The van der Waals surface area contributed by atoms with Crippen LogP contribution in [0.3, 0.4) is 0 Å². The van der Waals surface area contributed by atoms with Gasteiger partial charge in [-0.25, -0.2) is 8.78 Å². The van der Waals surface area contributed by atoms with Gasteiger partial charge in [-0.05, 0) is 59.2 Å². The minimum Gasteiger partial charge on any atom is -0.322 e. The van der Waals surface area contributed by atoms with E-state index in [9.17, 15) is 13.6 Å². The third-order valence-electron chi connectivity index (χ3n) is 4.48. The monoisotopic (exact) mass is 427 g/mol. The summed E-state index contributed by atoms with van der Waals surface area (Å²) >= 11 is 0. The summed E-state index contributed by atoms with van der Waals surface area (Å²) in [5.41, 5.74) is 3.54. The zero-order chi connectivity index (χ0) is 20.4. The van der Waals surface area contributed by atoms with Crippen molar-refractivity contribution < 1.29 is 13.6 Å². The summed E-state index contributed by atoms with van der Waals surface area (Å²) < 4.78 is 27.5. The van der Waals surface area contributed by atoms with Crippen LogP contribution in [-0.2, 0) is 0 Å². The number of anilines is 1. The first kappa shape index (κ1) is 21.1. The number of carbonyl (C=O) groups is 1. The van der Waals surface area contributed by atoms with E-state index in [-0.39, 0.29) is 12.4 Å². The Bertz CT molecular complexity index is 1160. The quantitative estimate of drug-likeness (QED) is 0.490. The lowest BCUT2D eigenvalue weighted by atomic mass is 9.97. The van der Waals surface area contributed by atoms with Gasteiger partial charge in [0.25, 0.3) is 5.91 Å². The number of hydrogen-bond donors (Lipinski definition) is 2. The predicted octanol–water partition coefficient (Wildman–Crippen LogP) is 4.79. The van der Waals surface area contributed by atoms with Gasteiger partial charge in [-0.1, -0.05) is 30.3 Å². The third-order valence-corrected chi connectivity index (χ3v) is 4.48. The van der Waals surface area contributed by atoms with E-state index in [1.165, 1.54) is 6.07 Å². The molecule has 0 fully saturated rings. The highest BCUT2D eigenvalue weighted by molar-refractivity contribution is 6.04. The van der Waals surface area contributed by atoms with Crippen molar-refractivity contribution in [2.24, 2.45) is 0 Å². The molecular formula is C21H16ClF2N5O. The number of amides is 1. The number of H-pyrrole nitrogens is 1. The summed E-state index contributed by atoms with van der Waals surface area (Å²) in [5.74, 6) is -2.17. The van der Waals surface area contributed by atoms with Crippen molar-refractivity contribution in [3.05, 3.63) is 83.4 Å². The molecule has 0 bridgehead atoms. The Balaban J connectivity index is 0.00000256. The molecule has 3 aromatic carbocycles. The number of rotatable bonds is 4. The van der Waals surface area contributed by atoms with E-state index in [2.05, 4.69) is 25.9 Å². The summed E-state index contributed by atoms with van der Waals surface area (Å²) in [7, 11) is 0. The van der Waals surface area contributed by atoms with Crippen molar-refractivity contribution in [3.63, 3.8) is 0 Å². The molecule has 6 nitrogen and oxygen atoms in total. The van der Waals surface area contributed by atoms with E-state index in [4.69, 9.17) is 0 Å². The van der Waals surface area contributed by atoms with Gasteiger partial charge in [0.2, 0.25) is 5.82 Å². The molecule has 4 aromatic rings. The molecule has 0 unspecified atom stereocenters. The van der Waals surface area contributed by atoms with Gasteiger partial charge < -0.3 is 5.32 Å². The average Bonchev–Trinajstić information content (AvgIpc) is 3.24. The summed E-state index contributed by atoms with van der Waals surface area (Å²) in [5, 5.41) is 16.5. The number of benzene rings is 3. The van der Waals surface area contributed by atoms with E-state index in [0.717, 1.165) is 34.4 Å². The van der Waals surface area contributed by atoms with Crippen LogP contribution in [0.2, 0.25) is 0 Å². The van der Waals surface area contributed by atoms with Gasteiger partial charge in [0.1, 0.15) is 17.2 Å². The molecule has 4 rings (SSSR count). The maximum atomic E-state index is 13.8. The Morgan fingerprint density at radius 1 is 0.967 bits per heavy atom. The molecule has 0 atom stereocenters. The first-order valence-electron chi connectivity index (χ1n) is 8.73. The fourth-order valence-corrected chi connectivity index (χ4v) is 3.00. The third kappa shape index (κ3) is 4.18. The van der Waals surface area contributed by atoms with Crippen molar-refractivity contribution in [1.82, 2.24) is 20.6 Å². The molecule has 0 aliphatic heterocycles. The second kappa shape index (κ2) is 8.79. The zero-order valence-corrected chi connectivity index (χ0v) is 16.5. The van der Waals surface area contributed by atoms with Crippen LogP contribution in [-0.4, -0.2) is 26.5 Å². The Kier molecular flexibility index (Phi) is 6.17. The van der Waals surface area contributed by atoms with Gasteiger partial charge in [0, 0.05) is 11.3 Å². The first-order valence-corrected chi connectivity index (χ1v) is 8.73. The number of aromatic amines is 1. The molecule has 152 valence electrons. The van der Waals surface area contributed by atoms with Crippen LogP contribution >= 0.6 is 12.4 Å². The van der Waals surface area contributed by atoms with Crippen LogP contribution in [0.5, 0.6) is 0 Å². The van der Waals surface area contributed by atoms with Crippen LogP contribution in [0.15, 0.2) is 60.7 Å². The van der Waals surface area contributed by atoms with Crippen LogP contribution < -0.4 is 5.32 Å². The molecule has 1 aromatic heterocycles. The minimum atomic E-state index is -0.909. The molecule has 0 radical (unpaired) electrons. The predicted molar refractivity (Wildman–Crippen MR) is 111 cm³/mol. The molecule has 1 amide bonds. The normalized spacial score (nSPS) is 10.4. The molecular weight excluding hydrogens is 412 g/mol. The number of nitrogens with one attached hydrogen (secondary N) is 2. The molecule has 0 saturated carbocycles. The molecule has 0 spiro atoms. The van der Waals surface area contributed by atoms with E-state index in [1.54, 1.807) is 12.1 Å². The molecule has 1 heterocycles. The van der Waals surface area contributed by atoms with Crippen LogP contribution in [0, 0.1) is 18.6 Å². The van der Waals surface area contributed by atoms with Gasteiger partial charge >= 0.3 is 0 Å². The number of nitrogens with zero attached hydrogens (tertiary/aromatic N) is 3. The Hall–Kier alpha value is -3.65. The van der Waals surface area contributed by atoms with E-state index >= 15 is 0 Å². The average molecular weight is 428 g/mol. The second-order valence-electron chi connectivity index (χ2n) is 6.39. The first-order chi connectivity index (χ1) is 14.0. The zero-order valence-electron chi connectivity index (χ0n) is 15.7. The maximum absolute atomic E-state index is 13.8. The molecule has 9 heteroatoms. The van der Waals surface area contributed by atoms with Gasteiger partial charge in [0.15, 0.2) is 0 Å². The highest BCUT2D eigenvalue weighted by Gasteiger charge is 2.17. The summed E-state index contributed by atoms with van der Waals surface area (Å²) in [6, 6.07) is 16.1. The lowest BCUT2D eigenvalue weighted by Gasteiger charge is -2.10. The lowest BCUT2D eigenvalue weighted by Crippen LogP contribution is -2.15. The standard InChI is InChI=1S/C21H15F2N5O.ClH/c1-12-5-6-14(20-25-27-28-26-20)11-16(12)13-7-9-15(10-8-13)24-21(29)19-17(22)3-2-4-18(19)23;/h2-11H,1H3,(H,24,29)(H,25,26,27,28);1H. The van der Waals surface area contributed by atoms with Crippen LogP contribution in [0.1, 0.15) is 15.9 Å². The van der Waals surface area contributed by atoms with Gasteiger partial charge in [-0.2, -0.15) is 5.21 Å². The number of halogens is 3. The Morgan fingerprint density at radius 2 is 1.63 bits per heavy atom. The summed E-state index contributed by atoms with van der Waals surface area (Å²) in [6.07, 6.45) is 0. The van der Waals surface area contributed by atoms with E-state index in [1.807, 2.05) is 37.3 Å². The van der Waals surface area contributed by atoms with Gasteiger partial charge in [-0.15, -0.1) is 22.6 Å². The van der Waals surface area contributed by atoms with Gasteiger partial charge in [-0.3, -0.25) is 4.79 Å². The van der Waals surface area contributed by atoms with Crippen molar-refractivity contribution >= 4 is 24.0 Å². The largest absolute Gasteiger partial charge is 0.322 e. The van der Waals surface area contributed by atoms with Crippen LogP contribution in [0.25, 0.3) is 22.5 Å². The van der Waals surface area contributed by atoms with Crippen LogP contribution in [0.4, 0.5) is 14.5 Å². The second-order valence-corrected chi connectivity index (χ2v) is 6.39. The Morgan fingerprint density at radius 3 is 2.27 bits per heavy atom. The number of tetrazole rings is 1. The van der Waals surface area contributed by atoms with E-state index in [0.29, 0.717) is 11.5 Å². The highest BCUT2D eigenvalue weighted by atomic mass is 35.5. The van der Waals surface area contributed by atoms with E-state index < -0.39 is 23.1 Å². The maximum Gasteiger partial charge on any atom is 0.261 e. The number of carbonyl (C=O) groups excluding carboxylic acids is 1. The molecule has 0 saturated heterocycles. The van der Waals surface area contributed by atoms with Crippen molar-refractivity contribution in [2.75, 3.05) is 5.32 Å². The number of aromatic nitrogens is 4. The fourth-order valence-electron chi connectivity index (χ4n) is 3.00. The smallest absolute Gasteiger partial charge is 0.261 e. The molecule has 30 heavy (non-hydrogen) atoms. The molecule has 0 aliphatic carbocycles. The van der Waals surface area contributed by atoms with Crippen molar-refractivity contribution in [1.29, 1.82) is 0 Å².